The molecule has 0 amide bonds. The summed E-state index contributed by atoms with van der Waals surface area (Å²) < 4.78 is 12.1. The van der Waals surface area contributed by atoms with Gasteiger partial charge in [-0.25, -0.2) is 0 Å². The van der Waals surface area contributed by atoms with Crippen LogP contribution >= 0.6 is 11.3 Å². The molecule has 3 nitrogen and oxygen atoms in total. The van der Waals surface area contributed by atoms with Crippen LogP contribution in [0.25, 0.3) is 0 Å². The van der Waals surface area contributed by atoms with Gasteiger partial charge in [0.15, 0.2) is 0 Å². The summed E-state index contributed by atoms with van der Waals surface area (Å²) >= 11 is 1.51. The lowest BCUT2D eigenvalue weighted by atomic mass is 10.2. The van der Waals surface area contributed by atoms with Gasteiger partial charge in [0, 0.05) is 16.8 Å². The highest BCUT2D eigenvalue weighted by atomic mass is 32.2. The van der Waals surface area contributed by atoms with E-state index in [1.54, 1.807) is 17.8 Å². The molecule has 1 aromatic carbocycles. The van der Waals surface area contributed by atoms with E-state index in [4.69, 9.17) is 5.73 Å². The molecule has 16 heavy (non-hydrogen) atoms. The molecule has 0 spiro atoms. The fourth-order valence-corrected chi connectivity index (χ4v) is 3.47. The minimum Gasteiger partial charge on any atom is -0.398 e. The van der Waals surface area contributed by atoms with Crippen molar-refractivity contribution in [1.82, 2.24) is 4.98 Å². The number of rotatable bonds is 3. The van der Waals surface area contributed by atoms with Crippen molar-refractivity contribution in [2.75, 3.05) is 5.73 Å². The predicted octanol–water partition coefficient (Wildman–Crippen LogP) is 2.34. The van der Waals surface area contributed by atoms with Crippen molar-refractivity contribution in [3.05, 3.63) is 40.3 Å². The second-order valence-corrected chi connectivity index (χ2v) is 5.89. The van der Waals surface area contributed by atoms with E-state index in [0.717, 1.165) is 10.4 Å². The van der Waals surface area contributed by atoms with E-state index in [-0.39, 0.29) is 0 Å². The summed E-state index contributed by atoms with van der Waals surface area (Å²) in [5.41, 5.74) is 9.22. The second kappa shape index (κ2) is 4.76. The van der Waals surface area contributed by atoms with Crippen LogP contribution in [0.3, 0.4) is 0 Å². The molecule has 1 aromatic heterocycles. The van der Waals surface area contributed by atoms with E-state index in [9.17, 15) is 4.21 Å². The maximum absolute atomic E-state index is 12.1. The molecule has 0 aliphatic rings. The average Bonchev–Trinajstić information content (AvgIpc) is 2.74. The molecule has 2 rings (SSSR count). The Labute approximate surface area is 101 Å². The number of nitrogens with zero attached hydrogens (tertiary/aromatic N) is 1. The van der Waals surface area contributed by atoms with Gasteiger partial charge in [0.25, 0.3) is 0 Å². The highest BCUT2D eigenvalue weighted by molar-refractivity contribution is 7.84. The zero-order valence-electron chi connectivity index (χ0n) is 8.84. The Morgan fingerprint density at radius 1 is 1.50 bits per heavy atom. The highest BCUT2D eigenvalue weighted by Gasteiger charge is 2.09. The molecule has 0 aliphatic heterocycles. The molecule has 0 bridgehead atoms. The van der Waals surface area contributed by atoms with Gasteiger partial charge in [-0.15, -0.1) is 11.3 Å². The summed E-state index contributed by atoms with van der Waals surface area (Å²) in [5, 5.41) is 0. The summed E-state index contributed by atoms with van der Waals surface area (Å²) in [7, 11) is -1.09. The smallest absolute Gasteiger partial charge is 0.0794 e. The van der Waals surface area contributed by atoms with Crippen molar-refractivity contribution in [2.24, 2.45) is 0 Å². The van der Waals surface area contributed by atoms with Crippen LogP contribution in [0.1, 0.15) is 10.4 Å². The summed E-state index contributed by atoms with van der Waals surface area (Å²) in [6.45, 7) is 1.97. The molecule has 5 heteroatoms. The molecular weight excluding hydrogens is 240 g/mol. The summed E-state index contributed by atoms with van der Waals surface area (Å²) in [5.74, 6) is 0.484. The van der Waals surface area contributed by atoms with Crippen LogP contribution in [0.15, 0.2) is 34.8 Å². The quantitative estimate of drug-likeness (QED) is 0.853. The van der Waals surface area contributed by atoms with Gasteiger partial charge in [0.1, 0.15) is 0 Å². The Hall–Kier alpha value is -1.20. The van der Waals surface area contributed by atoms with Crippen molar-refractivity contribution >= 4 is 27.8 Å². The number of nitrogens with two attached hydrogens (primary N) is 1. The normalized spacial score (nSPS) is 12.6. The van der Waals surface area contributed by atoms with Crippen molar-refractivity contribution in [1.29, 1.82) is 0 Å². The van der Waals surface area contributed by atoms with E-state index in [0.29, 0.717) is 16.3 Å². The van der Waals surface area contributed by atoms with Gasteiger partial charge in [0.2, 0.25) is 0 Å². The third-order valence-corrected chi connectivity index (χ3v) is 4.55. The third kappa shape index (κ3) is 2.48. The molecule has 2 N–H and O–H groups in total. The molecule has 2 aromatic rings. The number of aromatic nitrogens is 1. The van der Waals surface area contributed by atoms with Gasteiger partial charge < -0.3 is 5.73 Å². The van der Waals surface area contributed by atoms with E-state index in [2.05, 4.69) is 4.98 Å². The third-order valence-electron chi connectivity index (χ3n) is 2.17. The van der Waals surface area contributed by atoms with E-state index >= 15 is 0 Å². The number of anilines is 1. The maximum Gasteiger partial charge on any atom is 0.0794 e. The van der Waals surface area contributed by atoms with E-state index in [1.807, 2.05) is 19.1 Å². The average molecular weight is 252 g/mol. The Balaban J connectivity index is 2.24. The Morgan fingerprint density at radius 3 is 3.00 bits per heavy atom. The van der Waals surface area contributed by atoms with Crippen LogP contribution in [-0.2, 0) is 16.6 Å². The first-order chi connectivity index (χ1) is 7.66. The molecule has 1 heterocycles. The second-order valence-electron chi connectivity index (χ2n) is 3.50. The van der Waals surface area contributed by atoms with E-state index in [1.165, 1.54) is 11.3 Å². The SMILES string of the molecule is Cc1ccc(N)c(S(=O)Cc2cncs2)c1. The van der Waals surface area contributed by atoms with Crippen LogP contribution in [0.2, 0.25) is 0 Å². The van der Waals surface area contributed by atoms with Gasteiger partial charge in [-0.3, -0.25) is 9.19 Å². The summed E-state index contributed by atoms with van der Waals surface area (Å²) in [4.78, 5) is 5.69. The monoisotopic (exact) mass is 252 g/mol. The van der Waals surface area contributed by atoms with Gasteiger partial charge in [-0.05, 0) is 24.6 Å². The van der Waals surface area contributed by atoms with Crippen LogP contribution in [-0.4, -0.2) is 9.19 Å². The Kier molecular flexibility index (Phi) is 3.36. The largest absolute Gasteiger partial charge is 0.398 e. The van der Waals surface area contributed by atoms with Crippen LogP contribution in [0, 0.1) is 6.92 Å². The standard InChI is InChI=1S/C11H12N2OS2/c1-8-2-3-10(12)11(4-8)16(14)6-9-5-13-7-15-9/h2-5,7H,6,12H2,1H3. The molecule has 0 saturated carbocycles. The van der Waals surface area contributed by atoms with Crippen LogP contribution in [0.4, 0.5) is 5.69 Å². The zero-order chi connectivity index (χ0) is 11.5. The highest BCUT2D eigenvalue weighted by Crippen LogP contribution is 2.21. The number of benzene rings is 1. The minimum atomic E-state index is -1.09. The van der Waals surface area contributed by atoms with Crippen LogP contribution in [0.5, 0.6) is 0 Å². The topological polar surface area (TPSA) is 56.0 Å². The molecular formula is C11H12N2OS2. The fraction of sp³-hybridized carbons (Fsp3) is 0.182. The van der Waals surface area contributed by atoms with E-state index < -0.39 is 10.8 Å². The number of hydrogen-bond donors (Lipinski definition) is 1. The lowest BCUT2D eigenvalue weighted by Gasteiger charge is -2.05. The number of nitrogen functional groups attached to an aromatic ring is 1. The predicted molar refractivity (Wildman–Crippen MR) is 67.8 cm³/mol. The van der Waals surface area contributed by atoms with Crippen molar-refractivity contribution in [3.63, 3.8) is 0 Å². The van der Waals surface area contributed by atoms with Crippen molar-refractivity contribution < 1.29 is 4.21 Å². The van der Waals surface area contributed by atoms with Gasteiger partial charge in [-0.2, -0.15) is 0 Å². The zero-order valence-corrected chi connectivity index (χ0v) is 10.5. The molecule has 0 saturated heterocycles. The molecule has 0 fully saturated rings. The van der Waals surface area contributed by atoms with Crippen molar-refractivity contribution in [3.8, 4) is 0 Å². The van der Waals surface area contributed by atoms with Gasteiger partial charge in [0.05, 0.1) is 27.0 Å². The molecule has 0 radical (unpaired) electrons. The van der Waals surface area contributed by atoms with Gasteiger partial charge in [-0.1, -0.05) is 6.07 Å². The Bertz CT molecular complexity index is 509. The number of hydrogen-bond acceptors (Lipinski definition) is 4. The minimum absolute atomic E-state index is 0.484. The summed E-state index contributed by atoms with van der Waals surface area (Å²) in [6, 6.07) is 5.60. The molecule has 1 atom stereocenters. The molecule has 84 valence electrons. The van der Waals surface area contributed by atoms with Crippen LogP contribution < -0.4 is 5.73 Å². The maximum atomic E-state index is 12.1. The first kappa shape index (κ1) is 11.3. The molecule has 1 unspecified atom stereocenters. The number of thiazole rings is 1. The lowest BCUT2D eigenvalue weighted by Crippen LogP contribution is -2.00. The fourth-order valence-electron chi connectivity index (χ4n) is 1.36. The number of aryl methyl sites for hydroxylation is 1. The Morgan fingerprint density at radius 2 is 2.31 bits per heavy atom. The molecule has 0 aliphatic carbocycles. The summed E-state index contributed by atoms with van der Waals surface area (Å²) in [6.07, 6.45) is 1.74. The van der Waals surface area contributed by atoms with Gasteiger partial charge >= 0.3 is 0 Å². The van der Waals surface area contributed by atoms with Crippen molar-refractivity contribution in [2.45, 2.75) is 17.6 Å². The lowest BCUT2D eigenvalue weighted by molar-refractivity contribution is 0.683. The first-order valence-electron chi connectivity index (χ1n) is 4.78. The first-order valence-corrected chi connectivity index (χ1v) is 6.98.